The molecule has 0 aliphatic carbocycles. The Kier molecular flexibility index (Phi) is 4.03. The third-order valence-electron chi connectivity index (χ3n) is 2.64. The smallest absolute Gasteiger partial charge is 0.0354 e. The van der Waals surface area contributed by atoms with Crippen LogP contribution in [0, 0.1) is 0 Å². The molecule has 0 bridgehead atoms. The highest BCUT2D eigenvalue weighted by atomic mass is 15.2. The number of allylic oxidation sites excluding steroid dienone is 1. The largest absolute Gasteiger partial charge is 0.352 e. The molecule has 0 aromatic heterocycles. The van der Waals surface area contributed by atoms with Gasteiger partial charge in [-0.2, -0.15) is 0 Å². The van der Waals surface area contributed by atoms with Crippen molar-refractivity contribution in [3.63, 3.8) is 0 Å². The Morgan fingerprint density at radius 1 is 1.38 bits per heavy atom. The van der Waals surface area contributed by atoms with Crippen molar-refractivity contribution in [2.75, 3.05) is 20.1 Å². The van der Waals surface area contributed by atoms with Gasteiger partial charge in [-0.15, -0.1) is 0 Å². The lowest BCUT2D eigenvalue weighted by atomic mass is 10.0. The fraction of sp³-hybridized carbons (Fsp3) is 0.636. The maximum atomic E-state index is 3.83. The summed E-state index contributed by atoms with van der Waals surface area (Å²) in [4.78, 5) is 4.61. The summed E-state index contributed by atoms with van der Waals surface area (Å²) in [6.45, 7) is 8.28. The summed E-state index contributed by atoms with van der Waals surface area (Å²) < 4.78 is 0. The van der Waals surface area contributed by atoms with Crippen molar-refractivity contribution < 1.29 is 0 Å². The first-order valence-corrected chi connectivity index (χ1v) is 4.99. The van der Waals surface area contributed by atoms with E-state index in [9.17, 15) is 0 Å². The second-order valence-electron chi connectivity index (χ2n) is 3.65. The van der Waals surface area contributed by atoms with Gasteiger partial charge in [0.25, 0.3) is 0 Å². The molecule has 1 aliphatic rings. The van der Waals surface area contributed by atoms with Crippen LogP contribution in [-0.4, -0.2) is 36.0 Å². The van der Waals surface area contributed by atoms with Crippen LogP contribution in [0.4, 0.5) is 0 Å². The minimum atomic E-state index is 0.657. The van der Waals surface area contributed by atoms with Crippen molar-refractivity contribution in [1.82, 2.24) is 9.80 Å². The Morgan fingerprint density at radius 3 is 2.46 bits per heavy atom. The Labute approximate surface area is 81.5 Å². The monoisotopic (exact) mass is 180 g/mol. The van der Waals surface area contributed by atoms with Crippen LogP contribution >= 0.6 is 0 Å². The molecular weight excluding hydrogens is 160 g/mol. The molecule has 0 spiro atoms. The zero-order chi connectivity index (χ0) is 9.68. The summed E-state index contributed by atoms with van der Waals surface area (Å²) in [5.74, 6) is 0. The first kappa shape index (κ1) is 10.3. The van der Waals surface area contributed by atoms with Gasteiger partial charge in [-0.05, 0) is 52.3 Å². The molecule has 2 heteroatoms. The average Bonchev–Trinajstić information content (AvgIpc) is 2.16. The van der Waals surface area contributed by atoms with Crippen molar-refractivity contribution in [1.29, 1.82) is 0 Å². The van der Waals surface area contributed by atoms with Gasteiger partial charge < -0.3 is 9.80 Å². The van der Waals surface area contributed by atoms with Crippen molar-refractivity contribution in [2.45, 2.75) is 25.8 Å². The van der Waals surface area contributed by atoms with Gasteiger partial charge >= 0.3 is 0 Å². The molecule has 0 aromatic carbocycles. The molecule has 2 nitrogen and oxygen atoms in total. The highest BCUT2D eigenvalue weighted by Gasteiger charge is 2.18. The highest BCUT2D eigenvalue weighted by molar-refractivity contribution is 4.92. The second kappa shape index (κ2) is 5.07. The molecule has 0 atom stereocenters. The van der Waals surface area contributed by atoms with Gasteiger partial charge in [-0.25, -0.2) is 0 Å². The molecule has 0 saturated carbocycles. The molecule has 0 aromatic rings. The van der Waals surface area contributed by atoms with Crippen molar-refractivity contribution in [2.24, 2.45) is 0 Å². The van der Waals surface area contributed by atoms with Crippen molar-refractivity contribution >= 4 is 0 Å². The third kappa shape index (κ3) is 2.88. The van der Waals surface area contributed by atoms with Gasteiger partial charge in [-0.3, -0.25) is 0 Å². The van der Waals surface area contributed by atoms with Gasteiger partial charge in [0.05, 0.1) is 0 Å². The van der Waals surface area contributed by atoms with Crippen LogP contribution in [0.1, 0.15) is 19.8 Å². The lowest BCUT2D eigenvalue weighted by molar-refractivity contribution is 0.192. The zero-order valence-electron chi connectivity index (χ0n) is 8.74. The van der Waals surface area contributed by atoms with E-state index in [4.69, 9.17) is 0 Å². The van der Waals surface area contributed by atoms with Crippen molar-refractivity contribution in [3.05, 3.63) is 25.1 Å². The molecule has 0 radical (unpaired) electrons. The summed E-state index contributed by atoms with van der Waals surface area (Å²) >= 11 is 0. The summed E-state index contributed by atoms with van der Waals surface area (Å²) in [5, 5.41) is 0. The zero-order valence-corrected chi connectivity index (χ0v) is 8.74. The highest BCUT2D eigenvalue weighted by Crippen LogP contribution is 2.15. The van der Waals surface area contributed by atoms with Crippen LogP contribution in [0.15, 0.2) is 25.1 Å². The fourth-order valence-corrected chi connectivity index (χ4v) is 1.80. The van der Waals surface area contributed by atoms with Crippen LogP contribution < -0.4 is 0 Å². The number of rotatable bonds is 3. The first-order valence-electron chi connectivity index (χ1n) is 4.99. The maximum Gasteiger partial charge on any atom is 0.0354 e. The summed E-state index contributed by atoms with van der Waals surface area (Å²) in [7, 11) is 2.18. The van der Waals surface area contributed by atoms with E-state index in [1.54, 1.807) is 0 Å². The van der Waals surface area contributed by atoms with Gasteiger partial charge in [0.1, 0.15) is 0 Å². The standard InChI is InChI=1S/C11H20N2/c1-4-8-13(5-2)11-6-9-12(3)10-7-11/h4-5,8,11H,2,6-7,9-10H2,1,3H3/b8-4-. The SMILES string of the molecule is C=CN(/C=C\C)C1CCN(C)CC1. The quantitative estimate of drug-likeness (QED) is 0.656. The van der Waals surface area contributed by atoms with Crippen molar-refractivity contribution in [3.8, 4) is 0 Å². The Morgan fingerprint density at radius 2 is 2.00 bits per heavy atom. The predicted octanol–water partition coefficient (Wildman–Crippen LogP) is 2.06. The van der Waals surface area contributed by atoms with Crippen LogP contribution in [0.3, 0.4) is 0 Å². The van der Waals surface area contributed by atoms with E-state index < -0.39 is 0 Å². The van der Waals surface area contributed by atoms with Gasteiger partial charge in [0.15, 0.2) is 0 Å². The molecule has 0 amide bonds. The van der Waals surface area contributed by atoms with E-state index in [0.29, 0.717) is 6.04 Å². The Hall–Kier alpha value is -0.760. The predicted molar refractivity (Wildman–Crippen MR) is 57.4 cm³/mol. The lowest BCUT2D eigenvalue weighted by Crippen LogP contribution is -2.39. The van der Waals surface area contributed by atoms with E-state index in [1.807, 2.05) is 13.1 Å². The molecule has 1 aliphatic heterocycles. The molecule has 74 valence electrons. The molecule has 1 rings (SSSR count). The normalized spacial score (nSPS) is 20.8. The number of hydrogen-bond acceptors (Lipinski definition) is 2. The third-order valence-corrected chi connectivity index (χ3v) is 2.64. The average molecular weight is 180 g/mol. The second-order valence-corrected chi connectivity index (χ2v) is 3.65. The molecule has 1 fully saturated rings. The van der Waals surface area contributed by atoms with Crippen LogP contribution in [0.5, 0.6) is 0 Å². The number of piperidine rings is 1. The molecule has 0 N–H and O–H groups in total. The summed E-state index contributed by atoms with van der Waals surface area (Å²) in [6, 6.07) is 0.657. The molecule has 13 heavy (non-hydrogen) atoms. The maximum absolute atomic E-state index is 3.83. The number of nitrogens with zero attached hydrogens (tertiary/aromatic N) is 2. The van der Waals surface area contributed by atoms with Gasteiger partial charge in [-0.1, -0.05) is 12.7 Å². The molecule has 1 saturated heterocycles. The molecule has 0 unspecified atom stereocenters. The van der Waals surface area contributed by atoms with E-state index in [2.05, 4.69) is 35.7 Å². The van der Waals surface area contributed by atoms with Gasteiger partial charge in [0, 0.05) is 6.04 Å². The van der Waals surface area contributed by atoms with E-state index in [-0.39, 0.29) is 0 Å². The van der Waals surface area contributed by atoms with E-state index in [1.165, 1.54) is 25.9 Å². The molecular formula is C11H20N2. The Bertz CT molecular complexity index is 179. The van der Waals surface area contributed by atoms with Gasteiger partial charge in [0.2, 0.25) is 0 Å². The van der Waals surface area contributed by atoms with E-state index >= 15 is 0 Å². The summed E-state index contributed by atoms with van der Waals surface area (Å²) in [6.07, 6.45) is 8.60. The number of hydrogen-bond donors (Lipinski definition) is 0. The topological polar surface area (TPSA) is 6.48 Å². The minimum Gasteiger partial charge on any atom is -0.352 e. The van der Waals surface area contributed by atoms with Crippen LogP contribution in [0.25, 0.3) is 0 Å². The molecule has 1 heterocycles. The first-order chi connectivity index (χ1) is 6.27. The van der Waals surface area contributed by atoms with Crippen LogP contribution in [-0.2, 0) is 0 Å². The summed E-state index contributed by atoms with van der Waals surface area (Å²) in [5.41, 5.74) is 0. The van der Waals surface area contributed by atoms with E-state index in [0.717, 1.165) is 0 Å². The lowest BCUT2D eigenvalue weighted by Gasteiger charge is -2.34. The Balaban J connectivity index is 2.45. The fourth-order valence-electron chi connectivity index (χ4n) is 1.80. The van der Waals surface area contributed by atoms with Crippen LogP contribution in [0.2, 0.25) is 0 Å². The minimum absolute atomic E-state index is 0.657. The number of likely N-dealkylation sites (tertiary alicyclic amines) is 1.